The maximum Gasteiger partial charge on any atom is 0.0784 e. The first-order chi connectivity index (χ1) is 13.3. The molecule has 0 aliphatic heterocycles. The van der Waals surface area contributed by atoms with E-state index in [2.05, 4.69) is 65.9 Å². The van der Waals surface area contributed by atoms with Crippen molar-refractivity contribution in [3.63, 3.8) is 0 Å². The van der Waals surface area contributed by atoms with Crippen molar-refractivity contribution in [3.8, 4) is 0 Å². The summed E-state index contributed by atoms with van der Waals surface area (Å²) in [6.45, 7) is 13.1. The van der Waals surface area contributed by atoms with Crippen LogP contribution >= 0.6 is 12.4 Å². The Labute approximate surface area is 175 Å². The summed E-state index contributed by atoms with van der Waals surface area (Å²) in [7, 11) is 0. The molecule has 0 bridgehead atoms. The molecule has 0 unspecified atom stereocenters. The molecule has 1 N–H and O–H groups in total. The molecule has 0 saturated heterocycles. The van der Waals surface area contributed by atoms with Gasteiger partial charge in [0.1, 0.15) is 0 Å². The largest absolute Gasteiger partial charge is 0.339 e. The number of benzene rings is 1. The second-order valence-electron chi connectivity index (χ2n) is 7.23. The third-order valence-electron chi connectivity index (χ3n) is 5.51. The zero-order valence-corrected chi connectivity index (χ0v) is 18.4. The Morgan fingerprint density at radius 3 is 2.54 bits per heavy atom. The average Bonchev–Trinajstić information content (AvgIpc) is 3.04. The number of aryl methyl sites for hydroxylation is 1. The van der Waals surface area contributed by atoms with Crippen molar-refractivity contribution in [3.05, 3.63) is 42.2 Å². The topological polar surface area (TPSA) is 33.1 Å². The normalized spacial score (nSPS) is 11.4. The third kappa shape index (κ3) is 5.05. The lowest BCUT2D eigenvalue weighted by Gasteiger charge is -2.17. The number of nitrogens with one attached hydrogen (secondary N) is 1. The van der Waals surface area contributed by atoms with Crippen LogP contribution in [-0.2, 0) is 13.1 Å². The fraction of sp³-hybridized carbons (Fsp3) is 0.522. The highest BCUT2D eigenvalue weighted by Gasteiger charge is 2.14. The Balaban J connectivity index is 0.00000280. The smallest absolute Gasteiger partial charge is 0.0784 e. The van der Waals surface area contributed by atoms with Gasteiger partial charge in [0, 0.05) is 35.6 Å². The molecule has 4 nitrogen and oxygen atoms in total. The summed E-state index contributed by atoms with van der Waals surface area (Å²) in [4.78, 5) is 7.22. The molecule has 28 heavy (non-hydrogen) atoms. The van der Waals surface area contributed by atoms with Gasteiger partial charge in [-0.3, -0.25) is 4.98 Å². The molecule has 0 spiro atoms. The van der Waals surface area contributed by atoms with Crippen LogP contribution in [-0.4, -0.2) is 40.6 Å². The Morgan fingerprint density at radius 2 is 1.79 bits per heavy atom. The monoisotopic (exact) mass is 402 g/mol. The Morgan fingerprint density at radius 1 is 1.00 bits per heavy atom. The molecule has 0 radical (unpaired) electrons. The van der Waals surface area contributed by atoms with Crippen molar-refractivity contribution in [1.29, 1.82) is 0 Å². The van der Waals surface area contributed by atoms with Gasteiger partial charge in [0.05, 0.1) is 11.2 Å². The van der Waals surface area contributed by atoms with Crippen LogP contribution in [0.25, 0.3) is 21.8 Å². The molecule has 5 heteroatoms. The highest BCUT2D eigenvalue weighted by Crippen LogP contribution is 2.30. The summed E-state index contributed by atoms with van der Waals surface area (Å²) < 4.78 is 2.48. The van der Waals surface area contributed by atoms with Crippen LogP contribution < -0.4 is 5.32 Å². The number of fused-ring (bicyclic) bond motifs is 3. The molecule has 3 aromatic rings. The molecule has 1 aromatic carbocycles. The Hall–Kier alpha value is -1.62. The Bertz CT molecular complexity index is 854. The molecule has 0 fully saturated rings. The van der Waals surface area contributed by atoms with Crippen molar-refractivity contribution in [2.75, 3.05) is 26.2 Å². The number of rotatable bonds is 11. The fourth-order valence-electron chi connectivity index (χ4n) is 3.93. The van der Waals surface area contributed by atoms with E-state index in [9.17, 15) is 0 Å². The van der Waals surface area contributed by atoms with E-state index in [-0.39, 0.29) is 12.4 Å². The van der Waals surface area contributed by atoms with Crippen molar-refractivity contribution < 1.29 is 0 Å². The summed E-state index contributed by atoms with van der Waals surface area (Å²) in [5, 5.41) is 6.29. The van der Waals surface area contributed by atoms with Crippen LogP contribution in [0.5, 0.6) is 0 Å². The minimum Gasteiger partial charge on any atom is -0.339 e. The molecule has 2 aromatic heterocycles. The number of nitrogens with zero attached hydrogens (tertiary/aromatic N) is 3. The van der Waals surface area contributed by atoms with Crippen LogP contribution in [0.1, 0.15) is 45.7 Å². The van der Waals surface area contributed by atoms with Crippen LogP contribution in [0.15, 0.2) is 36.5 Å². The van der Waals surface area contributed by atoms with Crippen LogP contribution in [0, 0.1) is 0 Å². The third-order valence-corrected chi connectivity index (χ3v) is 5.51. The molecule has 0 atom stereocenters. The number of unbranched alkanes of at least 4 members (excludes halogenated alkanes) is 1. The van der Waals surface area contributed by atoms with Gasteiger partial charge < -0.3 is 14.8 Å². The van der Waals surface area contributed by atoms with Gasteiger partial charge in [-0.2, -0.15) is 0 Å². The zero-order chi connectivity index (χ0) is 19.1. The highest BCUT2D eigenvalue weighted by atomic mass is 35.5. The second-order valence-corrected chi connectivity index (χ2v) is 7.23. The minimum atomic E-state index is 0. The van der Waals surface area contributed by atoms with Gasteiger partial charge in [0.15, 0.2) is 0 Å². The van der Waals surface area contributed by atoms with Gasteiger partial charge in [-0.1, -0.05) is 45.4 Å². The van der Waals surface area contributed by atoms with E-state index < -0.39 is 0 Å². The molecule has 3 rings (SSSR count). The van der Waals surface area contributed by atoms with E-state index in [1.165, 1.54) is 46.8 Å². The summed E-state index contributed by atoms with van der Waals surface area (Å²) >= 11 is 0. The predicted octanol–water partition coefficient (Wildman–Crippen LogP) is 5.23. The lowest BCUT2D eigenvalue weighted by Crippen LogP contribution is -2.27. The lowest BCUT2D eigenvalue weighted by molar-refractivity contribution is 0.298. The van der Waals surface area contributed by atoms with Crippen molar-refractivity contribution in [1.82, 2.24) is 19.8 Å². The SMILES string of the molecule is CCCCn1c2ccccc2c2ccnc(CNCCCN(CC)CC)c21.Cl. The summed E-state index contributed by atoms with van der Waals surface area (Å²) in [6, 6.07) is 10.9. The molecular formula is C23H35ClN4. The number of aromatic nitrogens is 2. The second kappa shape index (κ2) is 11.4. The molecule has 2 heterocycles. The molecular weight excluding hydrogens is 368 g/mol. The Kier molecular flexibility index (Phi) is 9.23. The van der Waals surface area contributed by atoms with Gasteiger partial charge in [-0.25, -0.2) is 0 Å². The average molecular weight is 403 g/mol. The lowest BCUT2D eigenvalue weighted by atomic mass is 10.1. The van der Waals surface area contributed by atoms with Crippen molar-refractivity contribution in [2.24, 2.45) is 0 Å². The van der Waals surface area contributed by atoms with Gasteiger partial charge in [-0.05, 0) is 51.2 Å². The van der Waals surface area contributed by atoms with Crippen LogP contribution in [0.2, 0.25) is 0 Å². The number of halogens is 1. The van der Waals surface area contributed by atoms with E-state index >= 15 is 0 Å². The van der Waals surface area contributed by atoms with E-state index in [0.717, 1.165) is 39.3 Å². The first kappa shape index (κ1) is 22.7. The zero-order valence-electron chi connectivity index (χ0n) is 17.6. The molecule has 0 saturated carbocycles. The van der Waals surface area contributed by atoms with E-state index in [0.29, 0.717) is 0 Å². The quantitative estimate of drug-likeness (QED) is 0.445. The fourth-order valence-corrected chi connectivity index (χ4v) is 3.93. The van der Waals surface area contributed by atoms with E-state index in [4.69, 9.17) is 4.98 Å². The number of pyridine rings is 1. The van der Waals surface area contributed by atoms with Gasteiger partial charge in [0.2, 0.25) is 0 Å². The standard InChI is InChI=1S/C23H34N4.ClH/c1-4-7-17-27-22-12-9-8-11-19(22)20-13-15-25-21(23(20)27)18-24-14-10-16-26(5-2)6-3;/h8-9,11-13,15,24H,4-7,10,14,16-18H2,1-3H3;1H. The van der Waals surface area contributed by atoms with Crippen molar-refractivity contribution >= 4 is 34.2 Å². The summed E-state index contributed by atoms with van der Waals surface area (Å²) in [5.74, 6) is 0. The molecule has 0 aliphatic rings. The van der Waals surface area contributed by atoms with Crippen LogP contribution in [0.4, 0.5) is 0 Å². The summed E-state index contributed by atoms with van der Waals surface area (Å²) in [5.41, 5.74) is 3.81. The number of hydrogen-bond donors (Lipinski definition) is 1. The molecule has 154 valence electrons. The van der Waals surface area contributed by atoms with Crippen LogP contribution in [0.3, 0.4) is 0 Å². The first-order valence-electron chi connectivity index (χ1n) is 10.6. The maximum absolute atomic E-state index is 4.74. The van der Waals surface area contributed by atoms with Gasteiger partial charge in [0.25, 0.3) is 0 Å². The predicted molar refractivity (Wildman–Crippen MR) is 124 cm³/mol. The number of para-hydroxylation sites is 1. The minimum absolute atomic E-state index is 0. The highest BCUT2D eigenvalue weighted by molar-refractivity contribution is 6.08. The first-order valence-corrected chi connectivity index (χ1v) is 10.6. The molecule has 0 aliphatic carbocycles. The summed E-state index contributed by atoms with van der Waals surface area (Å²) in [6.07, 6.45) is 5.54. The number of hydrogen-bond acceptors (Lipinski definition) is 3. The van der Waals surface area contributed by atoms with Gasteiger partial charge >= 0.3 is 0 Å². The van der Waals surface area contributed by atoms with Crippen molar-refractivity contribution in [2.45, 2.75) is 53.1 Å². The maximum atomic E-state index is 4.74. The van der Waals surface area contributed by atoms with E-state index in [1.54, 1.807) is 0 Å². The van der Waals surface area contributed by atoms with Gasteiger partial charge in [-0.15, -0.1) is 12.4 Å². The molecule has 0 amide bonds. The van der Waals surface area contributed by atoms with E-state index in [1.807, 2.05) is 6.20 Å².